The van der Waals surface area contributed by atoms with Gasteiger partial charge in [0.05, 0.1) is 27.2 Å². The predicted octanol–water partition coefficient (Wildman–Crippen LogP) is 3.88. The number of hydrogen-bond acceptors (Lipinski definition) is 1. The number of rotatable bonds is 7. The van der Waals surface area contributed by atoms with Gasteiger partial charge in [0.25, 0.3) is 0 Å². The Bertz CT molecular complexity index is 805. The topological polar surface area (TPSA) is 0 Å². The van der Waals surface area contributed by atoms with Gasteiger partial charge in [0, 0.05) is 26.6 Å². The number of unbranched alkanes of at least 4 members (excludes halogenated alkanes) is 1. The van der Waals surface area contributed by atoms with Crippen LogP contribution < -0.4 is 17.0 Å². The van der Waals surface area contributed by atoms with Crippen molar-refractivity contribution in [3.8, 4) is 0 Å². The van der Waals surface area contributed by atoms with Crippen molar-refractivity contribution in [2.24, 2.45) is 0 Å². The average Bonchev–Trinajstić information content (AvgIpc) is 2.61. The van der Waals surface area contributed by atoms with Gasteiger partial charge >= 0.3 is 0 Å². The Morgan fingerprint density at radius 2 is 1.74 bits per heavy atom. The zero-order valence-electron chi connectivity index (χ0n) is 15.9. The van der Waals surface area contributed by atoms with Crippen molar-refractivity contribution >= 4 is 44.9 Å². The van der Waals surface area contributed by atoms with E-state index >= 15 is 0 Å². The number of fused-ring (bicyclic) bond motifs is 2. The van der Waals surface area contributed by atoms with Gasteiger partial charge in [-0.05, 0) is 53.8 Å². The lowest BCUT2D eigenvalue weighted by Gasteiger charge is -2.30. The minimum atomic E-state index is 0. The second-order valence-corrected chi connectivity index (χ2v) is 9.74. The fourth-order valence-electron chi connectivity index (χ4n) is 3.37. The van der Waals surface area contributed by atoms with Crippen LogP contribution >= 0.6 is 39.3 Å². The molecule has 3 rings (SSSR count). The first-order valence-electron chi connectivity index (χ1n) is 9.15. The molecule has 1 aliphatic rings. The van der Waals surface area contributed by atoms with Crippen LogP contribution in [0.4, 0.5) is 0 Å². The van der Waals surface area contributed by atoms with Gasteiger partial charge < -0.3 is 21.5 Å². The van der Waals surface area contributed by atoms with Crippen molar-refractivity contribution in [1.82, 2.24) is 0 Å². The van der Waals surface area contributed by atoms with Crippen LogP contribution in [0, 0.1) is 0 Å². The van der Waals surface area contributed by atoms with Crippen LogP contribution in [0.15, 0.2) is 58.3 Å². The van der Waals surface area contributed by atoms with Crippen molar-refractivity contribution < 1.29 is 21.5 Å². The molecule has 0 unspecified atom stereocenters. The van der Waals surface area contributed by atoms with Gasteiger partial charge in [-0.2, -0.15) is 0 Å². The standard InChI is InChI=1S/C22H26BrClNS.BrH/c1-25(2,14-6-5-13-23)15-7-9-18-19-8-3-4-10-21(19)26-22-12-11-17(24)16-20(18)22;/h3-4,8-12,16H,5-7,13-15H2,1-2H3;1H/q+1;/p-1/b18-9-;. The minimum absolute atomic E-state index is 0. The van der Waals surface area contributed by atoms with E-state index in [0.29, 0.717) is 0 Å². The number of benzene rings is 2. The lowest BCUT2D eigenvalue weighted by atomic mass is 9.96. The molecule has 0 radical (unpaired) electrons. The molecule has 0 atom stereocenters. The molecule has 2 aromatic rings. The van der Waals surface area contributed by atoms with Gasteiger partial charge in [0.2, 0.25) is 0 Å². The third-order valence-electron chi connectivity index (χ3n) is 4.86. The smallest absolute Gasteiger partial charge is 0.0817 e. The Morgan fingerprint density at radius 3 is 2.52 bits per heavy atom. The summed E-state index contributed by atoms with van der Waals surface area (Å²) in [4.78, 5) is 2.63. The van der Waals surface area contributed by atoms with Gasteiger partial charge in [-0.25, -0.2) is 0 Å². The lowest BCUT2D eigenvalue weighted by molar-refractivity contribution is -0.890. The molecule has 0 spiro atoms. The molecule has 0 aromatic heterocycles. The number of alkyl halides is 1. The van der Waals surface area contributed by atoms with Crippen molar-refractivity contribution in [3.63, 3.8) is 0 Å². The number of halogens is 3. The molecule has 0 fully saturated rings. The Hall–Kier alpha value is -0.260. The van der Waals surface area contributed by atoms with Crippen LogP contribution in [0.5, 0.6) is 0 Å². The number of quaternary nitrogens is 1. The highest BCUT2D eigenvalue weighted by Crippen LogP contribution is 2.46. The van der Waals surface area contributed by atoms with E-state index < -0.39 is 0 Å². The molecule has 1 aliphatic heterocycles. The van der Waals surface area contributed by atoms with Crippen molar-refractivity contribution in [2.45, 2.75) is 29.1 Å². The molecule has 0 N–H and O–H groups in total. The Kier molecular flexibility index (Phi) is 8.95. The first kappa shape index (κ1) is 23.0. The summed E-state index contributed by atoms with van der Waals surface area (Å²) in [6, 6.07) is 14.9. The molecular weight excluding hydrogens is 506 g/mol. The second-order valence-electron chi connectivity index (χ2n) is 7.42. The zero-order chi connectivity index (χ0) is 18.6. The van der Waals surface area contributed by atoms with Crippen molar-refractivity contribution in [2.75, 3.05) is 32.5 Å². The van der Waals surface area contributed by atoms with Gasteiger partial charge in [0.1, 0.15) is 0 Å². The molecule has 1 nitrogen and oxygen atoms in total. The first-order valence-corrected chi connectivity index (χ1v) is 11.5. The lowest BCUT2D eigenvalue weighted by Crippen LogP contribution is -3.00. The normalized spacial score (nSPS) is 14.4. The third-order valence-corrected chi connectivity index (χ3v) is 6.81. The molecule has 2 aromatic carbocycles. The first-order chi connectivity index (χ1) is 12.5. The maximum Gasteiger partial charge on any atom is 0.0817 e. The summed E-state index contributed by atoms with van der Waals surface area (Å²) in [6.45, 7) is 2.38. The highest BCUT2D eigenvalue weighted by atomic mass is 79.9. The van der Waals surface area contributed by atoms with Crippen molar-refractivity contribution in [1.29, 1.82) is 0 Å². The van der Waals surface area contributed by atoms with Gasteiger partial charge in [-0.1, -0.05) is 63.6 Å². The molecule has 0 saturated heterocycles. The second kappa shape index (κ2) is 10.5. The van der Waals surface area contributed by atoms with Gasteiger partial charge in [-0.15, -0.1) is 0 Å². The minimum Gasteiger partial charge on any atom is -1.00 e. The summed E-state index contributed by atoms with van der Waals surface area (Å²) in [5.41, 5.74) is 3.93. The monoisotopic (exact) mass is 529 g/mol. The summed E-state index contributed by atoms with van der Waals surface area (Å²) >= 11 is 11.7. The van der Waals surface area contributed by atoms with Crippen LogP contribution in [-0.4, -0.2) is 37.0 Å². The third kappa shape index (κ3) is 6.11. The SMILES string of the molecule is C[N+](C)(CC/C=C1/c2ccccc2Sc2ccc(Cl)cc21)CCCCBr.[Br-]. The predicted molar refractivity (Wildman–Crippen MR) is 119 cm³/mol. The largest absolute Gasteiger partial charge is 1.00 e. The van der Waals surface area contributed by atoms with E-state index in [1.54, 1.807) is 0 Å². The van der Waals surface area contributed by atoms with Gasteiger partial charge in [0.15, 0.2) is 0 Å². The van der Waals surface area contributed by atoms with E-state index in [4.69, 9.17) is 11.6 Å². The highest BCUT2D eigenvalue weighted by Gasteiger charge is 2.21. The highest BCUT2D eigenvalue weighted by molar-refractivity contribution is 9.09. The van der Waals surface area contributed by atoms with Crippen LogP contribution in [0.2, 0.25) is 5.02 Å². The average molecular weight is 532 g/mol. The van der Waals surface area contributed by atoms with Crippen LogP contribution in [0.1, 0.15) is 30.4 Å². The van der Waals surface area contributed by atoms with E-state index in [1.807, 2.05) is 17.8 Å². The molecule has 27 heavy (non-hydrogen) atoms. The molecule has 1 heterocycles. The zero-order valence-corrected chi connectivity index (χ0v) is 20.6. The van der Waals surface area contributed by atoms with Crippen LogP contribution in [-0.2, 0) is 0 Å². The van der Waals surface area contributed by atoms with E-state index in [2.05, 4.69) is 72.5 Å². The van der Waals surface area contributed by atoms with E-state index in [1.165, 1.54) is 45.9 Å². The van der Waals surface area contributed by atoms with Crippen LogP contribution in [0.25, 0.3) is 5.57 Å². The molecule has 0 saturated carbocycles. The van der Waals surface area contributed by atoms with Gasteiger partial charge in [-0.3, -0.25) is 0 Å². The molecule has 5 heteroatoms. The van der Waals surface area contributed by atoms with E-state index in [-0.39, 0.29) is 17.0 Å². The summed E-state index contributed by atoms with van der Waals surface area (Å²) < 4.78 is 1.07. The fraction of sp³-hybridized carbons (Fsp3) is 0.364. The summed E-state index contributed by atoms with van der Waals surface area (Å²) in [7, 11) is 4.67. The summed E-state index contributed by atoms with van der Waals surface area (Å²) in [5.74, 6) is 0. The molecule has 0 aliphatic carbocycles. The maximum absolute atomic E-state index is 6.30. The Balaban J connectivity index is 0.00000261. The Labute approximate surface area is 191 Å². The number of nitrogens with zero attached hydrogens (tertiary/aromatic N) is 1. The quantitative estimate of drug-likeness (QED) is 0.253. The molecule has 146 valence electrons. The van der Waals surface area contributed by atoms with Crippen molar-refractivity contribution in [3.05, 3.63) is 64.7 Å². The number of hydrogen-bond donors (Lipinski definition) is 0. The molecule has 0 amide bonds. The van der Waals surface area contributed by atoms with E-state index in [0.717, 1.165) is 27.8 Å². The maximum atomic E-state index is 6.30. The van der Waals surface area contributed by atoms with E-state index in [9.17, 15) is 0 Å². The van der Waals surface area contributed by atoms with Crippen LogP contribution in [0.3, 0.4) is 0 Å². The summed E-state index contributed by atoms with van der Waals surface area (Å²) in [5, 5.41) is 1.91. The fourth-order valence-corrected chi connectivity index (χ4v) is 5.02. The molecule has 0 bridgehead atoms. The summed E-state index contributed by atoms with van der Waals surface area (Å²) in [6.07, 6.45) is 6.01. The Morgan fingerprint density at radius 1 is 1.00 bits per heavy atom. The molecular formula is C22H26Br2ClNS.